The molecule has 90 valence electrons. The van der Waals surface area contributed by atoms with Crippen molar-refractivity contribution in [1.82, 2.24) is 10.3 Å². The van der Waals surface area contributed by atoms with E-state index in [1.165, 1.54) is 0 Å². The van der Waals surface area contributed by atoms with E-state index in [1.807, 2.05) is 0 Å². The van der Waals surface area contributed by atoms with Crippen LogP contribution >= 0.6 is 0 Å². The number of carbonyl (C=O) groups is 1. The first kappa shape index (κ1) is 12.9. The fourth-order valence-electron chi connectivity index (χ4n) is 1.68. The number of nitrogens with one attached hydrogen (secondary N) is 1. The lowest BCUT2D eigenvalue weighted by Gasteiger charge is -2.29. The molecule has 0 saturated carbocycles. The Bertz CT molecular complexity index is 264. The Hall–Kier alpha value is -1.16. The highest BCUT2D eigenvalue weighted by atomic mass is 16.5. The van der Waals surface area contributed by atoms with Crippen molar-refractivity contribution in [1.29, 1.82) is 5.26 Å². The fourth-order valence-corrected chi connectivity index (χ4v) is 1.68. The second-order valence-electron chi connectivity index (χ2n) is 3.81. The van der Waals surface area contributed by atoms with Crippen molar-refractivity contribution in [3.05, 3.63) is 0 Å². The standard InChI is InChI=1S/C10H18N4O2/c11-7-9-8-14(5-6-16-9)4-2-1-3-10(15)13-12/h9H,1-6,8,12H2,(H,13,15). The number of amides is 1. The van der Waals surface area contributed by atoms with Gasteiger partial charge >= 0.3 is 0 Å². The minimum Gasteiger partial charge on any atom is -0.361 e. The van der Waals surface area contributed by atoms with E-state index >= 15 is 0 Å². The third-order valence-corrected chi connectivity index (χ3v) is 2.58. The molecule has 0 aliphatic carbocycles. The Labute approximate surface area is 95.3 Å². The summed E-state index contributed by atoms with van der Waals surface area (Å²) in [6.07, 6.45) is 1.91. The summed E-state index contributed by atoms with van der Waals surface area (Å²) in [4.78, 5) is 13.0. The molecule has 0 radical (unpaired) electrons. The molecule has 1 aliphatic rings. The maximum absolute atomic E-state index is 10.8. The summed E-state index contributed by atoms with van der Waals surface area (Å²) in [6.45, 7) is 3.04. The van der Waals surface area contributed by atoms with Crippen molar-refractivity contribution in [3.8, 4) is 6.07 Å². The number of nitrogens with zero attached hydrogens (tertiary/aromatic N) is 2. The summed E-state index contributed by atoms with van der Waals surface area (Å²) in [5, 5.41) is 8.72. The van der Waals surface area contributed by atoms with Gasteiger partial charge in [-0.1, -0.05) is 0 Å². The topological polar surface area (TPSA) is 91.4 Å². The maximum Gasteiger partial charge on any atom is 0.233 e. The number of rotatable bonds is 5. The number of nitriles is 1. The summed E-state index contributed by atoms with van der Waals surface area (Å²) in [6, 6.07) is 2.11. The van der Waals surface area contributed by atoms with Gasteiger partial charge in [0.25, 0.3) is 0 Å². The van der Waals surface area contributed by atoms with Gasteiger partial charge < -0.3 is 4.74 Å². The lowest BCUT2D eigenvalue weighted by atomic mass is 10.2. The van der Waals surface area contributed by atoms with Crippen molar-refractivity contribution < 1.29 is 9.53 Å². The van der Waals surface area contributed by atoms with Crippen LogP contribution in [-0.2, 0) is 9.53 Å². The molecule has 16 heavy (non-hydrogen) atoms. The third-order valence-electron chi connectivity index (χ3n) is 2.58. The van der Waals surface area contributed by atoms with E-state index in [0.29, 0.717) is 19.6 Å². The number of unbranched alkanes of at least 4 members (excludes halogenated alkanes) is 1. The van der Waals surface area contributed by atoms with Crippen LogP contribution in [-0.4, -0.2) is 43.2 Å². The Kier molecular flexibility index (Phi) is 5.78. The number of carbonyl (C=O) groups excluding carboxylic acids is 1. The van der Waals surface area contributed by atoms with Gasteiger partial charge in [0.1, 0.15) is 0 Å². The second kappa shape index (κ2) is 7.17. The normalized spacial score (nSPS) is 21.4. The van der Waals surface area contributed by atoms with Gasteiger partial charge in [-0.2, -0.15) is 5.26 Å². The molecule has 0 bridgehead atoms. The van der Waals surface area contributed by atoms with Crippen molar-refractivity contribution in [2.45, 2.75) is 25.4 Å². The van der Waals surface area contributed by atoms with Crippen LogP contribution in [0.25, 0.3) is 0 Å². The van der Waals surface area contributed by atoms with Gasteiger partial charge in [-0.15, -0.1) is 0 Å². The van der Waals surface area contributed by atoms with Crippen LogP contribution in [0.3, 0.4) is 0 Å². The molecule has 1 saturated heterocycles. The largest absolute Gasteiger partial charge is 0.361 e. The van der Waals surface area contributed by atoms with Gasteiger partial charge in [0.05, 0.1) is 12.7 Å². The second-order valence-corrected chi connectivity index (χ2v) is 3.81. The van der Waals surface area contributed by atoms with Crippen LogP contribution in [0.15, 0.2) is 0 Å². The molecule has 3 N–H and O–H groups in total. The van der Waals surface area contributed by atoms with E-state index in [-0.39, 0.29) is 12.0 Å². The van der Waals surface area contributed by atoms with Gasteiger partial charge in [-0.05, 0) is 19.4 Å². The Morgan fingerprint density at radius 1 is 1.62 bits per heavy atom. The summed E-state index contributed by atoms with van der Waals surface area (Å²) in [7, 11) is 0. The highest BCUT2D eigenvalue weighted by Crippen LogP contribution is 2.06. The fraction of sp³-hybridized carbons (Fsp3) is 0.800. The molecular weight excluding hydrogens is 208 g/mol. The summed E-state index contributed by atoms with van der Waals surface area (Å²) < 4.78 is 5.24. The molecule has 1 atom stereocenters. The smallest absolute Gasteiger partial charge is 0.233 e. The highest BCUT2D eigenvalue weighted by molar-refractivity contribution is 5.75. The van der Waals surface area contributed by atoms with E-state index in [9.17, 15) is 4.79 Å². The molecule has 0 spiro atoms. The molecule has 1 amide bonds. The molecule has 0 aromatic carbocycles. The van der Waals surface area contributed by atoms with Gasteiger partial charge in [0.2, 0.25) is 5.91 Å². The molecule has 6 heteroatoms. The predicted molar refractivity (Wildman–Crippen MR) is 58.0 cm³/mol. The van der Waals surface area contributed by atoms with Crippen molar-refractivity contribution in [3.63, 3.8) is 0 Å². The van der Waals surface area contributed by atoms with Crippen LogP contribution < -0.4 is 11.3 Å². The lowest BCUT2D eigenvalue weighted by molar-refractivity contribution is -0.121. The minimum atomic E-state index is -0.305. The average molecular weight is 226 g/mol. The molecule has 1 rings (SSSR count). The Morgan fingerprint density at radius 2 is 2.44 bits per heavy atom. The van der Waals surface area contributed by atoms with Crippen molar-refractivity contribution in [2.75, 3.05) is 26.2 Å². The van der Waals surface area contributed by atoms with Crippen molar-refractivity contribution >= 4 is 5.91 Å². The Morgan fingerprint density at radius 3 is 3.12 bits per heavy atom. The molecule has 1 unspecified atom stereocenters. The molecule has 6 nitrogen and oxygen atoms in total. The molecule has 1 aliphatic heterocycles. The Balaban J connectivity index is 2.09. The van der Waals surface area contributed by atoms with Gasteiger partial charge in [0, 0.05) is 19.5 Å². The minimum absolute atomic E-state index is 0.128. The van der Waals surface area contributed by atoms with E-state index in [4.69, 9.17) is 15.8 Å². The number of hydrazine groups is 1. The maximum atomic E-state index is 10.8. The summed E-state index contributed by atoms with van der Waals surface area (Å²) in [5.41, 5.74) is 2.10. The van der Waals surface area contributed by atoms with Gasteiger partial charge in [-0.3, -0.25) is 15.1 Å². The number of ether oxygens (including phenoxy) is 1. The van der Waals surface area contributed by atoms with E-state index < -0.39 is 0 Å². The quantitative estimate of drug-likeness (QED) is 0.282. The SMILES string of the molecule is N#CC1CN(CCCCC(=O)NN)CCO1. The van der Waals surface area contributed by atoms with Gasteiger partial charge in [-0.25, -0.2) is 5.84 Å². The van der Waals surface area contributed by atoms with Crippen LogP contribution in [0.1, 0.15) is 19.3 Å². The molecular formula is C10H18N4O2. The number of hydrogen-bond acceptors (Lipinski definition) is 5. The van der Waals surface area contributed by atoms with Crippen LogP contribution in [0, 0.1) is 11.3 Å². The first-order valence-electron chi connectivity index (χ1n) is 5.49. The molecule has 0 aromatic rings. The molecule has 1 fully saturated rings. The monoisotopic (exact) mass is 226 g/mol. The third kappa shape index (κ3) is 4.57. The van der Waals surface area contributed by atoms with E-state index in [1.54, 1.807) is 0 Å². The number of nitrogens with two attached hydrogens (primary N) is 1. The summed E-state index contributed by atoms with van der Waals surface area (Å²) in [5.74, 6) is 4.84. The van der Waals surface area contributed by atoms with E-state index in [0.717, 1.165) is 25.9 Å². The predicted octanol–water partition coefficient (Wildman–Crippen LogP) is -0.629. The molecule has 0 aromatic heterocycles. The summed E-state index contributed by atoms with van der Waals surface area (Å²) >= 11 is 0. The lowest BCUT2D eigenvalue weighted by Crippen LogP contribution is -2.42. The average Bonchev–Trinajstić information content (AvgIpc) is 2.34. The van der Waals surface area contributed by atoms with E-state index in [2.05, 4.69) is 16.4 Å². The highest BCUT2D eigenvalue weighted by Gasteiger charge is 2.18. The molecule has 1 heterocycles. The first-order valence-corrected chi connectivity index (χ1v) is 5.49. The number of hydrogen-bond donors (Lipinski definition) is 2. The zero-order valence-electron chi connectivity index (χ0n) is 9.32. The zero-order valence-corrected chi connectivity index (χ0v) is 9.32. The number of morpholine rings is 1. The van der Waals surface area contributed by atoms with Crippen molar-refractivity contribution in [2.24, 2.45) is 5.84 Å². The van der Waals surface area contributed by atoms with Crippen LogP contribution in [0.5, 0.6) is 0 Å². The van der Waals surface area contributed by atoms with Gasteiger partial charge in [0.15, 0.2) is 6.10 Å². The zero-order chi connectivity index (χ0) is 11.8. The van der Waals surface area contributed by atoms with Crippen LogP contribution in [0.2, 0.25) is 0 Å². The first-order chi connectivity index (χ1) is 7.76. The van der Waals surface area contributed by atoms with Crippen LogP contribution in [0.4, 0.5) is 0 Å².